The minimum absolute atomic E-state index is 0. The second-order valence-corrected chi connectivity index (χ2v) is 3.59. The van der Waals surface area contributed by atoms with Crippen LogP contribution < -0.4 is 10.1 Å². The number of aliphatic carboxylic acids is 1. The topological polar surface area (TPSA) is 58.6 Å². The van der Waals surface area contributed by atoms with E-state index in [1.807, 2.05) is 30.3 Å². The van der Waals surface area contributed by atoms with Crippen molar-refractivity contribution in [3.05, 3.63) is 30.3 Å². The summed E-state index contributed by atoms with van der Waals surface area (Å²) >= 11 is 0. The van der Waals surface area contributed by atoms with Gasteiger partial charge in [-0.3, -0.25) is 4.79 Å². The zero-order valence-electron chi connectivity index (χ0n) is 8.63. The summed E-state index contributed by atoms with van der Waals surface area (Å²) in [6.45, 7) is 0.589. The first kappa shape index (κ1) is 12.8. The number of carbonyl (C=O) groups is 1. The Kier molecular flexibility index (Phi) is 4.58. The monoisotopic (exact) mass is 243 g/mol. The van der Waals surface area contributed by atoms with Crippen LogP contribution in [-0.2, 0) is 4.79 Å². The summed E-state index contributed by atoms with van der Waals surface area (Å²) in [7, 11) is 0. The molecule has 1 heterocycles. The lowest BCUT2D eigenvalue weighted by molar-refractivity contribution is -0.139. The van der Waals surface area contributed by atoms with Crippen LogP contribution >= 0.6 is 12.4 Å². The number of ether oxygens (including phenoxy) is 1. The Balaban J connectivity index is 0.00000128. The van der Waals surface area contributed by atoms with Gasteiger partial charge >= 0.3 is 5.97 Å². The Hall–Kier alpha value is -1.26. The maximum absolute atomic E-state index is 10.7. The Morgan fingerprint density at radius 3 is 2.62 bits per heavy atom. The fourth-order valence-electron chi connectivity index (χ4n) is 1.67. The second-order valence-electron chi connectivity index (χ2n) is 3.59. The molecule has 1 aliphatic rings. The van der Waals surface area contributed by atoms with Gasteiger partial charge in [0.2, 0.25) is 0 Å². The maximum atomic E-state index is 10.7. The van der Waals surface area contributed by atoms with Crippen LogP contribution in [0.4, 0.5) is 0 Å². The average Bonchev–Trinajstić information content (AvgIpc) is 2.68. The van der Waals surface area contributed by atoms with Crippen molar-refractivity contribution in [1.29, 1.82) is 0 Å². The molecule has 4 nitrogen and oxygen atoms in total. The van der Waals surface area contributed by atoms with Crippen molar-refractivity contribution in [1.82, 2.24) is 5.32 Å². The van der Waals surface area contributed by atoms with Crippen LogP contribution in [0.1, 0.15) is 6.42 Å². The molecule has 0 radical (unpaired) electrons. The minimum Gasteiger partial charge on any atom is -0.489 e. The highest BCUT2D eigenvalue weighted by Crippen LogP contribution is 2.16. The molecule has 2 atom stereocenters. The van der Waals surface area contributed by atoms with E-state index in [0.717, 1.165) is 5.75 Å². The molecular formula is C11H14ClNO3. The molecule has 2 rings (SSSR count). The maximum Gasteiger partial charge on any atom is 0.320 e. The fourth-order valence-corrected chi connectivity index (χ4v) is 1.67. The van der Waals surface area contributed by atoms with Gasteiger partial charge in [0.05, 0.1) is 0 Å². The van der Waals surface area contributed by atoms with E-state index in [1.165, 1.54) is 0 Å². The van der Waals surface area contributed by atoms with Crippen LogP contribution in [0.5, 0.6) is 5.75 Å². The van der Waals surface area contributed by atoms with E-state index in [4.69, 9.17) is 9.84 Å². The lowest BCUT2D eigenvalue weighted by Crippen LogP contribution is -2.30. The molecule has 0 bridgehead atoms. The van der Waals surface area contributed by atoms with Gasteiger partial charge in [-0.05, 0) is 12.1 Å². The number of nitrogens with one attached hydrogen (secondary N) is 1. The standard InChI is InChI=1S/C11H13NO3.ClH/c13-11(14)10-6-9(7-12-10)15-8-4-2-1-3-5-8;/h1-5,9-10,12H,6-7H2,(H,13,14);1H/t9-,10-;/m0./s1. The van der Waals surface area contributed by atoms with Crippen LogP contribution in [0.2, 0.25) is 0 Å². The molecule has 2 N–H and O–H groups in total. The molecule has 0 unspecified atom stereocenters. The molecule has 0 spiro atoms. The molecule has 0 saturated carbocycles. The van der Waals surface area contributed by atoms with Crippen molar-refractivity contribution >= 4 is 18.4 Å². The van der Waals surface area contributed by atoms with Gasteiger partial charge in [0, 0.05) is 13.0 Å². The molecule has 5 heteroatoms. The van der Waals surface area contributed by atoms with Gasteiger partial charge in [-0.25, -0.2) is 0 Å². The first-order valence-electron chi connectivity index (χ1n) is 4.93. The lowest BCUT2D eigenvalue weighted by atomic mass is 10.2. The third-order valence-corrected chi connectivity index (χ3v) is 2.43. The van der Waals surface area contributed by atoms with Gasteiger partial charge < -0.3 is 15.2 Å². The van der Waals surface area contributed by atoms with E-state index in [2.05, 4.69) is 5.32 Å². The number of hydrogen-bond acceptors (Lipinski definition) is 3. The molecular weight excluding hydrogens is 230 g/mol. The minimum atomic E-state index is -0.811. The van der Waals surface area contributed by atoms with Gasteiger partial charge in [0.25, 0.3) is 0 Å². The number of hydrogen-bond donors (Lipinski definition) is 2. The van der Waals surface area contributed by atoms with Crippen molar-refractivity contribution < 1.29 is 14.6 Å². The first-order valence-corrected chi connectivity index (χ1v) is 4.93. The number of halogens is 1. The Bertz CT molecular complexity index is 344. The van der Waals surface area contributed by atoms with Crippen LogP contribution in [0.15, 0.2) is 30.3 Å². The molecule has 16 heavy (non-hydrogen) atoms. The quantitative estimate of drug-likeness (QED) is 0.840. The van der Waals surface area contributed by atoms with E-state index in [0.29, 0.717) is 13.0 Å². The summed E-state index contributed by atoms with van der Waals surface area (Å²) in [5, 5.41) is 11.7. The van der Waals surface area contributed by atoms with Crippen LogP contribution in [0.3, 0.4) is 0 Å². The highest BCUT2D eigenvalue weighted by Gasteiger charge is 2.30. The number of para-hydroxylation sites is 1. The predicted octanol–water partition coefficient (Wildman–Crippen LogP) is 1.30. The van der Waals surface area contributed by atoms with Gasteiger partial charge in [0.15, 0.2) is 0 Å². The summed E-state index contributed by atoms with van der Waals surface area (Å²) < 4.78 is 5.63. The molecule has 1 fully saturated rings. The Morgan fingerprint density at radius 2 is 2.06 bits per heavy atom. The van der Waals surface area contributed by atoms with E-state index >= 15 is 0 Å². The normalized spacial score (nSPS) is 23.5. The van der Waals surface area contributed by atoms with E-state index in [9.17, 15) is 4.79 Å². The predicted molar refractivity (Wildman–Crippen MR) is 62.1 cm³/mol. The van der Waals surface area contributed by atoms with Crippen LogP contribution in [0.25, 0.3) is 0 Å². The highest BCUT2D eigenvalue weighted by molar-refractivity contribution is 5.85. The summed E-state index contributed by atoms with van der Waals surface area (Å²) in [5.74, 6) is -0.0236. The molecule has 1 saturated heterocycles. The van der Waals surface area contributed by atoms with E-state index in [-0.39, 0.29) is 18.5 Å². The van der Waals surface area contributed by atoms with Crippen LogP contribution in [0, 0.1) is 0 Å². The largest absolute Gasteiger partial charge is 0.489 e. The molecule has 88 valence electrons. The molecule has 0 amide bonds. The lowest BCUT2D eigenvalue weighted by Gasteiger charge is -2.11. The summed E-state index contributed by atoms with van der Waals surface area (Å²) in [6.07, 6.45) is 0.470. The molecule has 1 aliphatic heterocycles. The zero-order valence-corrected chi connectivity index (χ0v) is 9.44. The SMILES string of the molecule is Cl.O=C(O)[C@@H]1C[C@H](Oc2ccccc2)CN1. The van der Waals surface area contributed by atoms with Crippen LogP contribution in [-0.4, -0.2) is 29.8 Å². The molecule has 1 aromatic rings. The average molecular weight is 244 g/mol. The van der Waals surface area contributed by atoms with E-state index < -0.39 is 12.0 Å². The molecule has 0 aliphatic carbocycles. The van der Waals surface area contributed by atoms with Crippen molar-refractivity contribution in [2.75, 3.05) is 6.54 Å². The van der Waals surface area contributed by atoms with Gasteiger partial charge in [-0.15, -0.1) is 12.4 Å². The number of carboxylic acids is 1. The highest BCUT2D eigenvalue weighted by atomic mass is 35.5. The van der Waals surface area contributed by atoms with Crippen molar-refractivity contribution in [3.63, 3.8) is 0 Å². The number of benzene rings is 1. The van der Waals surface area contributed by atoms with Crippen molar-refractivity contribution in [2.24, 2.45) is 0 Å². The zero-order chi connectivity index (χ0) is 10.7. The van der Waals surface area contributed by atoms with Gasteiger partial charge in [-0.2, -0.15) is 0 Å². The Labute approximate surface area is 100 Å². The smallest absolute Gasteiger partial charge is 0.320 e. The first-order chi connectivity index (χ1) is 7.25. The fraction of sp³-hybridized carbons (Fsp3) is 0.364. The Morgan fingerprint density at radius 1 is 1.38 bits per heavy atom. The molecule has 0 aromatic heterocycles. The van der Waals surface area contributed by atoms with Crippen molar-refractivity contribution in [3.8, 4) is 5.75 Å². The van der Waals surface area contributed by atoms with Gasteiger partial charge in [0.1, 0.15) is 17.9 Å². The third-order valence-electron chi connectivity index (χ3n) is 2.43. The number of rotatable bonds is 3. The number of carboxylic acid groups (broad SMARTS) is 1. The molecule has 1 aromatic carbocycles. The van der Waals surface area contributed by atoms with E-state index in [1.54, 1.807) is 0 Å². The second kappa shape index (κ2) is 5.72. The van der Waals surface area contributed by atoms with Crippen molar-refractivity contribution in [2.45, 2.75) is 18.6 Å². The summed E-state index contributed by atoms with van der Waals surface area (Å²) in [5.41, 5.74) is 0. The summed E-state index contributed by atoms with van der Waals surface area (Å²) in [6, 6.07) is 8.97. The van der Waals surface area contributed by atoms with Gasteiger partial charge in [-0.1, -0.05) is 18.2 Å². The summed E-state index contributed by atoms with van der Waals surface area (Å²) in [4.78, 5) is 10.7. The third kappa shape index (κ3) is 3.12.